The van der Waals surface area contributed by atoms with E-state index in [2.05, 4.69) is 79.3 Å². The Balaban J connectivity index is 2.30. The van der Waals surface area contributed by atoms with Crippen LogP contribution >= 0.6 is 0 Å². The maximum absolute atomic E-state index is 9.11. The average Bonchev–Trinajstić information content (AvgIpc) is 2.66. The molecule has 1 aliphatic rings. The Morgan fingerprint density at radius 2 is 1.65 bits per heavy atom. The summed E-state index contributed by atoms with van der Waals surface area (Å²) >= 11 is 0. The van der Waals surface area contributed by atoms with Gasteiger partial charge < -0.3 is 26.0 Å². The van der Waals surface area contributed by atoms with Crippen molar-refractivity contribution in [2.24, 2.45) is 5.92 Å². The molecule has 0 bridgehead atoms. The Labute approximate surface area is 189 Å². The molecule has 1 atom stereocenters. The van der Waals surface area contributed by atoms with E-state index in [0.717, 1.165) is 38.8 Å². The third-order valence-corrected chi connectivity index (χ3v) is 5.99. The smallest absolute Gasteiger partial charge is 0.231 e. The van der Waals surface area contributed by atoms with Gasteiger partial charge in [-0.1, -0.05) is 13.3 Å². The van der Waals surface area contributed by atoms with Crippen molar-refractivity contribution in [3.8, 4) is 0 Å². The molecule has 4 N–H and O–H groups in total. The summed E-state index contributed by atoms with van der Waals surface area (Å²) in [4.78, 5) is 16.2. The van der Waals surface area contributed by atoms with Crippen LogP contribution in [0.5, 0.6) is 0 Å². The lowest BCUT2D eigenvalue weighted by Gasteiger charge is -2.48. The summed E-state index contributed by atoms with van der Waals surface area (Å²) in [6.45, 7) is 18.1. The number of aliphatic hydroxyl groups is 1. The van der Waals surface area contributed by atoms with Crippen molar-refractivity contribution in [3.63, 3.8) is 0 Å². The van der Waals surface area contributed by atoms with E-state index in [-0.39, 0.29) is 17.7 Å². The number of nitrogens with one attached hydrogen (secondary N) is 3. The SMILES string of the molecule is CCCC(Nc1nc(NCCCO)nc(N(CC)CC)n1)C1CC(C)(C)NC(C)(C)C1. The molecule has 8 nitrogen and oxygen atoms in total. The number of hydrogen-bond donors (Lipinski definition) is 4. The standard InChI is InChI=1S/C23H45N7O/c1-8-12-18(17-15-22(4,5)29-23(6,7)16-17)25-20-26-19(24-13-11-14-31)27-21(28-20)30(9-2)10-3/h17-18,29,31H,8-16H2,1-7H3,(H2,24,25,26,27,28). The van der Waals surface area contributed by atoms with Crippen molar-refractivity contribution in [1.29, 1.82) is 0 Å². The molecular formula is C23H45N7O. The highest BCUT2D eigenvalue weighted by Gasteiger charge is 2.40. The third-order valence-electron chi connectivity index (χ3n) is 5.99. The monoisotopic (exact) mass is 435 g/mol. The zero-order valence-electron chi connectivity index (χ0n) is 20.8. The van der Waals surface area contributed by atoms with Gasteiger partial charge in [-0.25, -0.2) is 0 Å². The molecule has 1 aromatic heterocycles. The fourth-order valence-electron chi connectivity index (χ4n) is 5.02. The Morgan fingerprint density at radius 1 is 1.03 bits per heavy atom. The second-order valence-electron chi connectivity index (χ2n) is 10.1. The molecule has 0 amide bonds. The highest BCUT2D eigenvalue weighted by molar-refractivity contribution is 5.44. The van der Waals surface area contributed by atoms with Gasteiger partial charge in [0.2, 0.25) is 17.8 Å². The van der Waals surface area contributed by atoms with Crippen LogP contribution in [-0.4, -0.2) is 63.4 Å². The Bertz CT molecular complexity index is 660. The van der Waals surface area contributed by atoms with Gasteiger partial charge in [-0.15, -0.1) is 0 Å². The van der Waals surface area contributed by atoms with Crippen LogP contribution in [0.15, 0.2) is 0 Å². The molecule has 1 aromatic rings. The second kappa shape index (κ2) is 11.3. The van der Waals surface area contributed by atoms with Crippen LogP contribution in [0, 0.1) is 5.92 Å². The van der Waals surface area contributed by atoms with E-state index in [0.29, 0.717) is 42.8 Å². The van der Waals surface area contributed by atoms with Crippen molar-refractivity contribution in [2.45, 2.75) is 97.7 Å². The van der Waals surface area contributed by atoms with E-state index in [1.54, 1.807) is 0 Å². The van der Waals surface area contributed by atoms with Gasteiger partial charge in [-0.05, 0) is 73.1 Å². The lowest BCUT2D eigenvalue weighted by molar-refractivity contribution is 0.115. The van der Waals surface area contributed by atoms with Gasteiger partial charge in [0, 0.05) is 43.4 Å². The highest BCUT2D eigenvalue weighted by Crippen LogP contribution is 2.36. The first kappa shape index (κ1) is 25.6. The number of piperidine rings is 1. The van der Waals surface area contributed by atoms with Gasteiger partial charge in [0.1, 0.15) is 0 Å². The Morgan fingerprint density at radius 3 is 2.19 bits per heavy atom. The minimum Gasteiger partial charge on any atom is -0.396 e. The van der Waals surface area contributed by atoms with Crippen LogP contribution in [0.3, 0.4) is 0 Å². The molecule has 8 heteroatoms. The minimum atomic E-state index is 0.0998. The van der Waals surface area contributed by atoms with Crippen LogP contribution in [0.1, 0.15) is 80.6 Å². The molecule has 2 heterocycles. The summed E-state index contributed by atoms with van der Waals surface area (Å²) in [5, 5.41) is 19.8. The molecule has 1 unspecified atom stereocenters. The summed E-state index contributed by atoms with van der Waals surface area (Å²) in [6, 6.07) is 0.308. The van der Waals surface area contributed by atoms with Gasteiger partial charge in [-0.2, -0.15) is 15.0 Å². The van der Waals surface area contributed by atoms with Crippen LogP contribution in [0.4, 0.5) is 17.8 Å². The molecule has 0 saturated carbocycles. The molecule has 0 spiro atoms. The zero-order valence-corrected chi connectivity index (χ0v) is 20.8. The second-order valence-corrected chi connectivity index (χ2v) is 10.1. The lowest BCUT2D eigenvalue weighted by Crippen LogP contribution is -2.59. The van der Waals surface area contributed by atoms with E-state index in [4.69, 9.17) is 10.1 Å². The van der Waals surface area contributed by atoms with Crippen molar-refractivity contribution in [1.82, 2.24) is 20.3 Å². The number of hydrogen-bond acceptors (Lipinski definition) is 8. The van der Waals surface area contributed by atoms with Crippen molar-refractivity contribution >= 4 is 17.8 Å². The van der Waals surface area contributed by atoms with Gasteiger partial charge in [-0.3, -0.25) is 0 Å². The summed E-state index contributed by atoms with van der Waals surface area (Å²) in [7, 11) is 0. The molecule has 1 aliphatic heterocycles. The number of nitrogens with zero attached hydrogens (tertiary/aromatic N) is 4. The van der Waals surface area contributed by atoms with Crippen LogP contribution in [0.2, 0.25) is 0 Å². The quantitative estimate of drug-likeness (QED) is 0.369. The third kappa shape index (κ3) is 7.75. The molecular weight excluding hydrogens is 390 g/mol. The van der Waals surface area contributed by atoms with Gasteiger partial charge >= 0.3 is 0 Å². The fraction of sp³-hybridized carbons (Fsp3) is 0.870. The first-order valence-electron chi connectivity index (χ1n) is 12.0. The molecule has 178 valence electrons. The van der Waals surface area contributed by atoms with Crippen LogP contribution in [-0.2, 0) is 0 Å². The van der Waals surface area contributed by atoms with Crippen molar-refractivity contribution in [2.75, 3.05) is 41.8 Å². The summed E-state index contributed by atoms with van der Waals surface area (Å²) in [5.41, 5.74) is 0.200. The van der Waals surface area contributed by atoms with E-state index >= 15 is 0 Å². The fourth-order valence-corrected chi connectivity index (χ4v) is 5.02. The highest BCUT2D eigenvalue weighted by atomic mass is 16.3. The molecule has 0 aliphatic carbocycles. The van der Waals surface area contributed by atoms with Gasteiger partial charge in [0.25, 0.3) is 0 Å². The molecule has 2 rings (SSSR count). The Kier molecular flexibility index (Phi) is 9.30. The number of anilines is 3. The Hall–Kier alpha value is -1.67. The van der Waals surface area contributed by atoms with Gasteiger partial charge in [0.15, 0.2) is 0 Å². The van der Waals surface area contributed by atoms with Crippen molar-refractivity contribution in [3.05, 3.63) is 0 Å². The van der Waals surface area contributed by atoms with E-state index in [1.165, 1.54) is 0 Å². The molecule has 1 fully saturated rings. The normalized spacial score (nSPS) is 19.1. The average molecular weight is 436 g/mol. The van der Waals surface area contributed by atoms with Crippen LogP contribution < -0.4 is 20.9 Å². The van der Waals surface area contributed by atoms with Gasteiger partial charge in [0.05, 0.1) is 0 Å². The molecule has 0 radical (unpaired) electrons. The number of aliphatic hydroxyl groups excluding tert-OH is 1. The molecule has 0 aromatic carbocycles. The predicted octanol–water partition coefficient (Wildman–Crippen LogP) is 3.65. The zero-order chi connectivity index (χ0) is 23.1. The predicted molar refractivity (Wildman–Crippen MR) is 130 cm³/mol. The largest absolute Gasteiger partial charge is 0.396 e. The first-order chi connectivity index (χ1) is 14.6. The number of aromatic nitrogens is 3. The summed E-state index contributed by atoms with van der Waals surface area (Å²) < 4.78 is 0. The maximum atomic E-state index is 9.11. The van der Waals surface area contributed by atoms with E-state index in [1.807, 2.05) is 0 Å². The van der Waals surface area contributed by atoms with Crippen molar-refractivity contribution < 1.29 is 5.11 Å². The summed E-state index contributed by atoms with van der Waals surface area (Å²) in [6.07, 6.45) is 5.08. The van der Waals surface area contributed by atoms with E-state index in [9.17, 15) is 0 Å². The summed E-state index contributed by atoms with van der Waals surface area (Å²) in [5.74, 6) is 2.42. The maximum Gasteiger partial charge on any atom is 0.231 e. The first-order valence-corrected chi connectivity index (χ1v) is 12.0. The van der Waals surface area contributed by atoms with Crippen LogP contribution in [0.25, 0.3) is 0 Å². The molecule has 1 saturated heterocycles. The molecule has 31 heavy (non-hydrogen) atoms. The minimum absolute atomic E-state index is 0.0998. The topological polar surface area (TPSA) is 98.2 Å². The lowest BCUT2D eigenvalue weighted by atomic mass is 9.72. The van der Waals surface area contributed by atoms with E-state index < -0.39 is 0 Å². The number of rotatable bonds is 12.